The number of halogens is 1. The van der Waals surface area contributed by atoms with Crippen molar-refractivity contribution in [3.05, 3.63) is 66.0 Å². The third-order valence-corrected chi connectivity index (χ3v) is 4.61. The molecule has 0 radical (unpaired) electrons. The van der Waals surface area contributed by atoms with E-state index in [-0.39, 0.29) is 5.82 Å². The van der Waals surface area contributed by atoms with Gasteiger partial charge >= 0.3 is 0 Å². The molecule has 4 nitrogen and oxygen atoms in total. The number of quaternary nitrogens is 1. The summed E-state index contributed by atoms with van der Waals surface area (Å²) in [4.78, 5) is 3.65. The molecule has 2 N–H and O–H groups in total. The summed E-state index contributed by atoms with van der Waals surface area (Å²) < 4.78 is 18.6. The second-order valence-corrected chi connectivity index (χ2v) is 6.57. The molecule has 2 aromatic rings. The van der Waals surface area contributed by atoms with Crippen molar-refractivity contribution >= 4 is 5.69 Å². The van der Waals surface area contributed by atoms with E-state index in [4.69, 9.17) is 4.74 Å². The van der Waals surface area contributed by atoms with Crippen LogP contribution in [0.4, 0.5) is 10.1 Å². The molecule has 0 amide bonds. The van der Waals surface area contributed by atoms with E-state index in [1.807, 2.05) is 42.5 Å². The molecule has 1 heterocycles. The Hall–Kier alpha value is -1.95. The third-order valence-electron chi connectivity index (χ3n) is 4.61. The van der Waals surface area contributed by atoms with Gasteiger partial charge in [-0.2, -0.15) is 0 Å². The molecule has 1 saturated heterocycles. The molecular weight excluding hydrogens is 319 g/mol. The molecule has 0 aliphatic carbocycles. The van der Waals surface area contributed by atoms with Gasteiger partial charge in [-0.1, -0.05) is 30.3 Å². The summed E-state index contributed by atoms with van der Waals surface area (Å²) in [6, 6.07) is 16.6. The summed E-state index contributed by atoms with van der Waals surface area (Å²) in [7, 11) is 0. The summed E-state index contributed by atoms with van der Waals surface area (Å²) in [5.74, 6) is -0.202. The molecule has 2 aromatic carbocycles. The predicted octanol–water partition coefficient (Wildman–Crippen LogP) is 1.11. The number of anilines is 1. The van der Waals surface area contributed by atoms with E-state index in [1.54, 1.807) is 0 Å². The van der Waals surface area contributed by atoms with E-state index in [1.165, 1.54) is 17.0 Å². The van der Waals surface area contributed by atoms with Crippen molar-refractivity contribution in [3.63, 3.8) is 0 Å². The molecule has 25 heavy (non-hydrogen) atoms. The Morgan fingerprint density at radius 2 is 1.72 bits per heavy atom. The van der Waals surface area contributed by atoms with Crippen molar-refractivity contribution in [1.82, 2.24) is 0 Å². The van der Waals surface area contributed by atoms with Crippen LogP contribution in [0.25, 0.3) is 0 Å². The summed E-state index contributed by atoms with van der Waals surface area (Å²) in [6.45, 7) is 5.36. The van der Waals surface area contributed by atoms with Gasteiger partial charge < -0.3 is 19.6 Å². The van der Waals surface area contributed by atoms with Crippen LogP contribution in [0.5, 0.6) is 0 Å². The van der Waals surface area contributed by atoms with E-state index in [0.717, 1.165) is 37.4 Å². The van der Waals surface area contributed by atoms with Gasteiger partial charge in [0.05, 0.1) is 39.4 Å². The molecule has 1 fully saturated rings. The Morgan fingerprint density at radius 1 is 1.04 bits per heavy atom. The molecule has 1 atom stereocenters. The number of aliphatic hydroxyl groups is 1. The highest BCUT2D eigenvalue weighted by molar-refractivity contribution is 5.46. The summed E-state index contributed by atoms with van der Waals surface area (Å²) in [5, 5.41) is 10.2. The second kappa shape index (κ2) is 8.94. The first-order valence-electron chi connectivity index (χ1n) is 8.84. The molecule has 0 saturated carbocycles. The molecule has 134 valence electrons. The molecule has 5 heteroatoms. The van der Waals surface area contributed by atoms with Gasteiger partial charge in [0.1, 0.15) is 18.5 Å². The zero-order valence-corrected chi connectivity index (χ0v) is 14.4. The fraction of sp³-hybridized carbons (Fsp3) is 0.400. The quantitative estimate of drug-likeness (QED) is 0.789. The maximum atomic E-state index is 13.0. The van der Waals surface area contributed by atoms with E-state index in [2.05, 4.69) is 4.90 Å². The van der Waals surface area contributed by atoms with Crippen LogP contribution in [0.2, 0.25) is 0 Å². The smallest absolute Gasteiger partial charge is 0.126 e. The lowest BCUT2D eigenvalue weighted by Crippen LogP contribution is -3.16. The summed E-state index contributed by atoms with van der Waals surface area (Å²) in [6.07, 6.45) is -0.448. The van der Waals surface area contributed by atoms with E-state index < -0.39 is 6.10 Å². The van der Waals surface area contributed by atoms with Crippen LogP contribution < -0.4 is 9.80 Å². The monoisotopic (exact) mass is 345 g/mol. The molecule has 3 rings (SSSR count). The Kier molecular flexibility index (Phi) is 6.39. The van der Waals surface area contributed by atoms with Crippen molar-refractivity contribution in [1.29, 1.82) is 0 Å². The van der Waals surface area contributed by atoms with Crippen LogP contribution in [-0.2, 0) is 11.3 Å². The zero-order valence-electron chi connectivity index (χ0n) is 14.4. The van der Waals surface area contributed by atoms with E-state index in [0.29, 0.717) is 19.8 Å². The number of nitrogens with one attached hydrogen (secondary N) is 1. The van der Waals surface area contributed by atoms with Gasteiger partial charge in [-0.3, -0.25) is 0 Å². The highest BCUT2D eigenvalue weighted by atomic mass is 19.1. The maximum absolute atomic E-state index is 13.0. The van der Waals surface area contributed by atoms with Crippen LogP contribution in [0.15, 0.2) is 54.6 Å². The minimum absolute atomic E-state index is 0.202. The lowest BCUT2D eigenvalue weighted by atomic mass is 10.2. The molecule has 1 aliphatic rings. The number of hydrogen-bond acceptors (Lipinski definition) is 3. The molecule has 0 bridgehead atoms. The normalized spacial score (nSPS) is 16.8. The van der Waals surface area contributed by atoms with Crippen LogP contribution in [0.1, 0.15) is 5.56 Å². The third kappa shape index (κ3) is 5.53. The predicted molar refractivity (Wildman–Crippen MR) is 96.3 cm³/mol. The largest absolute Gasteiger partial charge is 0.385 e. The van der Waals surface area contributed by atoms with Gasteiger partial charge in [-0.15, -0.1) is 0 Å². The topological polar surface area (TPSA) is 37.1 Å². The lowest BCUT2D eigenvalue weighted by molar-refractivity contribution is -0.903. The van der Waals surface area contributed by atoms with Crippen molar-refractivity contribution in [3.8, 4) is 0 Å². The van der Waals surface area contributed by atoms with Crippen LogP contribution >= 0.6 is 0 Å². The van der Waals surface area contributed by atoms with Crippen molar-refractivity contribution < 1.29 is 19.1 Å². The minimum Gasteiger partial charge on any atom is -0.385 e. The van der Waals surface area contributed by atoms with Crippen LogP contribution in [0.3, 0.4) is 0 Å². The summed E-state index contributed by atoms with van der Waals surface area (Å²) in [5.41, 5.74) is 2.18. The molecule has 0 unspecified atom stereocenters. The number of ether oxygens (including phenoxy) is 1. The average molecular weight is 345 g/mol. The first-order chi connectivity index (χ1) is 12.2. The van der Waals surface area contributed by atoms with Gasteiger partial charge in [0, 0.05) is 5.69 Å². The standard InChI is InChI=1S/C20H25FN2O2/c21-18-6-8-19(9-7-18)23-12-10-22(11-13-23)14-20(24)16-25-15-17-4-2-1-3-5-17/h1-9,20,24H,10-16H2/p+1/t20-/m1/s1. The zero-order chi connectivity index (χ0) is 17.5. The van der Waals surface area contributed by atoms with Gasteiger partial charge in [0.15, 0.2) is 0 Å². The van der Waals surface area contributed by atoms with Gasteiger partial charge in [0.25, 0.3) is 0 Å². The molecule has 0 aromatic heterocycles. The first kappa shape index (κ1) is 17.9. The number of hydrogen-bond donors (Lipinski definition) is 2. The number of aliphatic hydroxyl groups excluding tert-OH is 1. The van der Waals surface area contributed by atoms with Gasteiger partial charge in [0.2, 0.25) is 0 Å². The van der Waals surface area contributed by atoms with Crippen molar-refractivity contribution in [2.24, 2.45) is 0 Å². The Balaban J connectivity index is 1.36. The van der Waals surface area contributed by atoms with Crippen LogP contribution in [-0.4, -0.2) is 50.5 Å². The van der Waals surface area contributed by atoms with Crippen molar-refractivity contribution in [2.45, 2.75) is 12.7 Å². The fourth-order valence-electron chi connectivity index (χ4n) is 3.22. The fourth-order valence-corrected chi connectivity index (χ4v) is 3.22. The highest BCUT2D eigenvalue weighted by Gasteiger charge is 2.22. The van der Waals surface area contributed by atoms with Crippen LogP contribution in [0, 0.1) is 5.82 Å². The number of piperazine rings is 1. The lowest BCUT2D eigenvalue weighted by Gasteiger charge is -2.34. The van der Waals surface area contributed by atoms with Crippen molar-refractivity contribution in [2.75, 3.05) is 44.2 Å². The van der Waals surface area contributed by atoms with E-state index >= 15 is 0 Å². The number of rotatable bonds is 7. The Morgan fingerprint density at radius 3 is 2.40 bits per heavy atom. The number of benzene rings is 2. The molecular formula is C20H26FN2O2+. The van der Waals surface area contributed by atoms with E-state index in [9.17, 15) is 9.50 Å². The number of nitrogens with zero attached hydrogens (tertiary/aromatic N) is 1. The average Bonchev–Trinajstić information content (AvgIpc) is 2.64. The summed E-state index contributed by atoms with van der Waals surface area (Å²) >= 11 is 0. The minimum atomic E-state index is -0.448. The Labute approximate surface area is 148 Å². The Bertz CT molecular complexity index is 628. The molecule has 1 aliphatic heterocycles. The van der Waals surface area contributed by atoms with Gasteiger partial charge in [-0.25, -0.2) is 4.39 Å². The highest BCUT2D eigenvalue weighted by Crippen LogP contribution is 2.14. The SMILES string of the molecule is O[C@@H](COCc1ccccc1)C[NH+]1CCN(c2ccc(F)cc2)CC1. The second-order valence-electron chi connectivity index (χ2n) is 6.57. The van der Waals surface area contributed by atoms with Gasteiger partial charge in [-0.05, 0) is 29.8 Å². The maximum Gasteiger partial charge on any atom is 0.126 e. The first-order valence-corrected chi connectivity index (χ1v) is 8.84. The molecule has 0 spiro atoms.